The van der Waals surface area contributed by atoms with Crippen molar-refractivity contribution < 1.29 is 19.5 Å². The van der Waals surface area contributed by atoms with E-state index in [9.17, 15) is 14.4 Å². The van der Waals surface area contributed by atoms with Crippen molar-refractivity contribution in [2.45, 2.75) is 31.3 Å². The van der Waals surface area contributed by atoms with Crippen LogP contribution in [0.5, 0.6) is 0 Å². The fourth-order valence-electron chi connectivity index (χ4n) is 2.54. The lowest BCUT2D eigenvalue weighted by atomic mass is 9.87. The minimum absolute atomic E-state index is 0.213. The van der Waals surface area contributed by atoms with Gasteiger partial charge in [0.2, 0.25) is 0 Å². The molecule has 2 saturated heterocycles. The van der Waals surface area contributed by atoms with Gasteiger partial charge in [0.15, 0.2) is 0 Å². The Kier molecular flexibility index (Phi) is 3.02. The SMILES string of the molecule is CC(C(=O)O)N1CCC2(CC1)NC(=O)N(C)C2=O. The lowest BCUT2D eigenvalue weighted by molar-refractivity contribution is -0.143. The fraction of sp³-hybridized carbons (Fsp3) is 0.727. The Bertz CT molecular complexity index is 401. The van der Waals surface area contributed by atoms with E-state index in [4.69, 9.17) is 5.11 Å². The molecular formula is C11H17N3O4. The fourth-order valence-corrected chi connectivity index (χ4v) is 2.54. The molecule has 3 amide bonds. The number of urea groups is 1. The molecule has 18 heavy (non-hydrogen) atoms. The third-order valence-corrected chi connectivity index (χ3v) is 3.92. The summed E-state index contributed by atoms with van der Waals surface area (Å²) in [7, 11) is 1.46. The summed E-state index contributed by atoms with van der Waals surface area (Å²) in [6, 6.07) is -0.938. The molecule has 0 bridgehead atoms. The number of carbonyl (C=O) groups is 3. The molecule has 2 aliphatic heterocycles. The molecule has 100 valence electrons. The molecule has 2 rings (SSSR count). The number of carboxylic acids is 1. The van der Waals surface area contributed by atoms with Crippen LogP contribution in [0.25, 0.3) is 0 Å². The summed E-state index contributed by atoms with van der Waals surface area (Å²) in [5, 5.41) is 11.7. The Morgan fingerprint density at radius 1 is 1.39 bits per heavy atom. The van der Waals surface area contributed by atoms with Gasteiger partial charge in [0.25, 0.3) is 5.91 Å². The summed E-state index contributed by atoms with van der Waals surface area (Å²) in [5.74, 6) is -1.08. The lowest BCUT2D eigenvalue weighted by Gasteiger charge is -2.38. The summed E-state index contributed by atoms with van der Waals surface area (Å²) >= 11 is 0. The molecule has 2 aliphatic rings. The van der Waals surface area contributed by atoms with Crippen molar-refractivity contribution in [1.82, 2.24) is 15.1 Å². The second-order valence-corrected chi connectivity index (χ2v) is 4.93. The summed E-state index contributed by atoms with van der Waals surface area (Å²) in [5.41, 5.74) is -0.819. The van der Waals surface area contributed by atoms with Gasteiger partial charge in [0.1, 0.15) is 11.6 Å². The molecule has 7 nitrogen and oxygen atoms in total. The molecule has 1 unspecified atom stereocenters. The highest BCUT2D eigenvalue weighted by Crippen LogP contribution is 2.29. The van der Waals surface area contributed by atoms with Crippen LogP contribution in [0.2, 0.25) is 0 Å². The maximum atomic E-state index is 12.0. The van der Waals surface area contributed by atoms with Crippen molar-refractivity contribution in [2.75, 3.05) is 20.1 Å². The maximum absolute atomic E-state index is 12.0. The third kappa shape index (κ3) is 1.84. The van der Waals surface area contributed by atoms with E-state index < -0.39 is 17.6 Å². The molecular weight excluding hydrogens is 238 g/mol. The van der Waals surface area contributed by atoms with Crippen LogP contribution >= 0.6 is 0 Å². The molecule has 0 aromatic carbocycles. The van der Waals surface area contributed by atoms with Crippen LogP contribution in [0, 0.1) is 0 Å². The summed E-state index contributed by atoms with van der Waals surface area (Å²) in [6.45, 7) is 2.61. The molecule has 0 aliphatic carbocycles. The third-order valence-electron chi connectivity index (χ3n) is 3.92. The number of carbonyl (C=O) groups excluding carboxylic acids is 2. The number of amides is 3. The van der Waals surface area contributed by atoms with E-state index in [0.717, 1.165) is 4.90 Å². The Labute approximate surface area is 105 Å². The monoisotopic (exact) mass is 255 g/mol. The maximum Gasteiger partial charge on any atom is 0.324 e. The average Bonchev–Trinajstić information content (AvgIpc) is 2.54. The average molecular weight is 255 g/mol. The number of hydrogen-bond acceptors (Lipinski definition) is 4. The number of aliphatic carboxylic acids is 1. The minimum Gasteiger partial charge on any atom is -0.480 e. The normalized spacial score (nSPS) is 25.3. The highest BCUT2D eigenvalue weighted by atomic mass is 16.4. The summed E-state index contributed by atoms with van der Waals surface area (Å²) < 4.78 is 0. The van der Waals surface area contributed by atoms with Gasteiger partial charge >= 0.3 is 12.0 Å². The van der Waals surface area contributed by atoms with E-state index in [1.54, 1.807) is 6.92 Å². The first-order valence-corrected chi connectivity index (χ1v) is 5.94. The van der Waals surface area contributed by atoms with Gasteiger partial charge < -0.3 is 10.4 Å². The molecule has 0 radical (unpaired) electrons. The quantitative estimate of drug-likeness (QED) is 0.648. The number of nitrogens with zero attached hydrogens (tertiary/aromatic N) is 2. The predicted molar refractivity (Wildman–Crippen MR) is 61.9 cm³/mol. The van der Waals surface area contributed by atoms with Gasteiger partial charge in [-0.15, -0.1) is 0 Å². The number of piperidine rings is 1. The van der Waals surface area contributed by atoms with Crippen molar-refractivity contribution >= 4 is 17.9 Å². The van der Waals surface area contributed by atoms with Gasteiger partial charge in [0, 0.05) is 20.1 Å². The van der Waals surface area contributed by atoms with Crippen molar-refractivity contribution in [3.63, 3.8) is 0 Å². The second kappa shape index (κ2) is 4.24. The Hall–Kier alpha value is -1.63. The zero-order chi connectivity index (χ0) is 13.5. The number of hydrogen-bond donors (Lipinski definition) is 2. The van der Waals surface area contributed by atoms with Crippen molar-refractivity contribution in [2.24, 2.45) is 0 Å². The Balaban J connectivity index is 2.05. The Morgan fingerprint density at radius 2 is 1.94 bits per heavy atom. The number of rotatable bonds is 2. The molecule has 7 heteroatoms. The first kappa shape index (κ1) is 12.8. The van der Waals surface area contributed by atoms with Crippen molar-refractivity contribution in [1.29, 1.82) is 0 Å². The van der Waals surface area contributed by atoms with Crippen LogP contribution in [-0.2, 0) is 9.59 Å². The minimum atomic E-state index is -0.871. The number of nitrogens with one attached hydrogen (secondary N) is 1. The van der Waals surface area contributed by atoms with Gasteiger partial charge in [-0.25, -0.2) is 4.79 Å². The number of likely N-dealkylation sites (tertiary alicyclic amines) is 1. The number of carboxylic acid groups (broad SMARTS) is 1. The van der Waals surface area contributed by atoms with Crippen molar-refractivity contribution in [3.8, 4) is 0 Å². The Morgan fingerprint density at radius 3 is 2.33 bits per heavy atom. The van der Waals surface area contributed by atoms with E-state index in [1.165, 1.54) is 7.05 Å². The van der Waals surface area contributed by atoms with Crippen LogP contribution in [0.1, 0.15) is 19.8 Å². The van der Waals surface area contributed by atoms with Gasteiger partial charge in [-0.2, -0.15) is 0 Å². The van der Waals surface area contributed by atoms with Crippen LogP contribution in [0.15, 0.2) is 0 Å². The largest absolute Gasteiger partial charge is 0.480 e. The zero-order valence-electron chi connectivity index (χ0n) is 10.5. The van der Waals surface area contributed by atoms with Gasteiger partial charge in [-0.1, -0.05) is 0 Å². The smallest absolute Gasteiger partial charge is 0.324 e. The first-order chi connectivity index (χ1) is 8.37. The van der Waals surface area contributed by atoms with Crippen LogP contribution in [-0.4, -0.2) is 64.5 Å². The van der Waals surface area contributed by atoms with E-state index in [-0.39, 0.29) is 11.9 Å². The second-order valence-electron chi connectivity index (χ2n) is 4.93. The number of likely N-dealkylation sites (N-methyl/N-ethyl adjacent to an activating group) is 1. The highest BCUT2D eigenvalue weighted by molar-refractivity contribution is 6.06. The van der Waals surface area contributed by atoms with Gasteiger partial charge in [-0.05, 0) is 19.8 Å². The van der Waals surface area contributed by atoms with Gasteiger partial charge in [0.05, 0.1) is 0 Å². The molecule has 1 spiro atoms. The molecule has 2 fully saturated rings. The molecule has 0 aromatic rings. The van der Waals surface area contributed by atoms with Gasteiger partial charge in [-0.3, -0.25) is 19.4 Å². The zero-order valence-corrected chi connectivity index (χ0v) is 10.5. The standard InChI is InChI=1S/C11H17N3O4/c1-7(8(15)16)14-5-3-11(4-6-14)9(17)13(2)10(18)12-11/h7H,3-6H2,1-2H3,(H,12,18)(H,15,16). The van der Waals surface area contributed by atoms with Crippen LogP contribution < -0.4 is 5.32 Å². The van der Waals surface area contributed by atoms with Crippen LogP contribution in [0.3, 0.4) is 0 Å². The van der Waals surface area contributed by atoms with Crippen molar-refractivity contribution in [3.05, 3.63) is 0 Å². The molecule has 1 atom stereocenters. The molecule has 2 heterocycles. The van der Waals surface area contributed by atoms with E-state index in [0.29, 0.717) is 25.9 Å². The van der Waals surface area contributed by atoms with Crippen LogP contribution in [0.4, 0.5) is 4.79 Å². The summed E-state index contributed by atoms with van der Waals surface area (Å²) in [6.07, 6.45) is 0.916. The number of imide groups is 1. The van der Waals surface area contributed by atoms with E-state index in [1.807, 2.05) is 4.90 Å². The summed E-state index contributed by atoms with van der Waals surface area (Å²) in [4.78, 5) is 37.3. The highest BCUT2D eigenvalue weighted by Gasteiger charge is 2.51. The molecule has 2 N–H and O–H groups in total. The topological polar surface area (TPSA) is 89.9 Å². The lowest BCUT2D eigenvalue weighted by Crippen LogP contribution is -2.57. The van der Waals surface area contributed by atoms with E-state index >= 15 is 0 Å². The first-order valence-electron chi connectivity index (χ1n) is 5.94. The molecule has 0 saturated carbocycles. The molecule has 0 aromatic heterocycles. The van der Waals surface area contributed by atoms with E-state index in [2.05, 4.69) is 5.32 Å². The predicted octanol–water partition coefficient (Wildman–Crippen LogP) is -0.524.